The van der Waals surface area contributed by atoms with E-state index in [-0.39, 0.29) is 32.7 Å². The standard InChI is InChI=1S/C16H11BrN2.Y/c1-2-11-4-3-5-12(8-11)16-18-10-13-9-14(17)6-7-15(13)19-16;/h3,5-10H,1-2H2;/q-2;. The van der Waals surface area contributed by atoms with Gasteiger partial charge in [0.25, 0.3) is 0 Å². The Labute approximate surface area is 152 Å². The summed E-state index contributed by atoms with van der Waals surface area (Å²) >= 11 is 3.45. The van der Waals surface area contributed by atoms with Crippen LogP contribution >= 0.6 is 15.9 Å². The fraction of sp³-hybridized carbons (Fsp3) is 0.0625. The van der Waals surface area contributed by atoms with Gasteiger partial charge in [0.15, 0.2) is 0 Å². The van der Waals surface area contributed by atoms with Crippen LogP contribution in [0.3, 0.4) is 0 Å². The minimum atomic E-state index is 0. The van der Waals surface area contributed by atoms with Crippen LogP contribution in [0.4, 0.5) is 0 Å². The smallest absolute Gasteiger partial charge is 0.135 e. The predicted octanol–water partition coefficient (Wildman–Crippen LogP) is 4.23. The molecule has 20 heavy (non-hydrogen) atoms. The van der Waals surface area contributed by atoms with Gasteiger partial charge in [-0.15, -0.1) is 0 Å². The van der Waals surface area contributed by atoms with Crippen LogP contribution < -0.4 is 0 Å². The van der Waals surface area contributed by atoms with Crippen molar-refractivity contribution in [3.63, 3.8) is 0 Å². The van der Waals surface area contributed by atoms with Gasteiger partial charge in [-0.2, -0.15) is 36.2 Å². The van der Waals surface area contributed by atoms with Crippen LogP contribution in [0.1, 0.15) is 5.56 Å². The van der Waals surface area contributed by atoms with Crippen molar-refractivity contribution in [1.29, 1.82) is 0 Å². The number of fused-ring (bicyclic) bond motifs is 1. The van der Waals surface area contributed by atoms with Crippen molar-refractivity contribution in [3.05, 3.63) is 65.6 Å². The molecule has 97 valence electrons. The number of hydrogen-bond acceptors (Lipinski definition) is 2. The molecule has 1 heterocycles. The Kier molecular flexibility index (Phi) is 5.42. The molecule has 1 radical (unpaired) electrons. The topological polar surface area (TPSA) is 25.8 Å². The van der Waals surface area contributed by atoms with Crippen LogP contribution in [0.2, 0.25) is 0 Å². The number of benzene rings is 2. The zero-order valence-electron chi connectivity index (χ0n) is 10.8. The van der Waals surface area contributed by atoms with Gasteiger partial charge in [0.1, 0.15) is 5.82 Å². The zero-order valence-corrected chi connectivity index (χ0v) is 15.2. The number of halogens is 1. The van der Waals surface area contributed by atoms with E-state index in [1.165, 1.54) is 0 Å². The van der Waals surface area contributed by atoms with E-state index in [9.17, 15) is 0 Å². The second kappa shape index (κ2) is 6.88. The average Bonchev–Trinajstić information content (AvgIpc) is 2.46. The molecule has 0 amide bonds. The van der Waals surface area contributed by atoms with Crippen molar-refractivity contribution in [2.24, 2.45) is 0 Å². The molecule has 2 nitrogen and oxygen atoms in total. The normalized spacial score (nSPS) is 10.3. The van der Waals surface area contributed by atoms with E-state index in [0.29, 0.717) is 6.42 Å². The minimum absolute atomic E-state index is 0. The first-order chi connectivity index (χ1) is 9.26. The first kappa shape index (κ1) is 15.7. The molecule has 0 aliphatic rings. The molecule has 0 saturated carbocycles. The summed E-state index contributed by atoms with van der Waals surface area (Å²) in [6.07, 6.45) is 2.57. The number of hydrogen-bond donors (Lipinski definition) is 0. The van der Waals surface area contributed by atoms with Gasteiger partial charge in [-0.25, -0.2) is 9.97 Å². The number of rotatable bonds is 2. The maximum Gasteiger partial charge on any atom is 0.135 e. The van der Waals surface area contributed by atoms with Crippen molar-refractivity contribution >= 4 is 26.8 Å². The Morgan fingerprint density at radius 2 is 2.05 bits per heavy atom. The quantitative estimate of drug-likeness (QED) is 0.602. The monoisotopic (exact) mass is 399 g/mol. The molecule has 0 saturated heterocycles. The van der Waals surface area contributed by atoms with Gasteiger partial charge in [-0.1, -0.05) is 21.5 Å². The summed E-state index contributed by atoms with van der Waals surface area (Å²) in [4.78, 5) is 9.02. The van der Waals surface area contributed by atoms with Gasteiger partial charge in [0.05, 0.1) is 5.52 Å². The zero-order chi connectivity index (χ0) is 13.2. The van der Waals surface area contributed by atoms with Gasteiger partial charge >= 0.3 is 0 Å². The first-order valence-electron chi connectivity index (χ1n) is 5.99. The van der Waals surface area contributed by atoms with E-state index >= 15 is 0 Å². The molecule has 3 rings (SSSR count). The Morgan fingerprint density at radius 1 is 1.20 bits per heavy atom. The second-order valence-corrected chi connectivity index (χ2v) is 5.17. The Hall–Kier alpha value is -0.636. The van der Waals surface area contributed by atoms with Gasteiger partial charge < -0.3 is 6.92 Å². The van der Waals surface area contributed by atoms with Crippen molar-refractivity contribution in [3.8, 4) is 11.4 Å². The van der Waals surface area contributed by atoms with Crippen molar-refractivity contribution in [1.82, 2.24) is 9.97 Å². The third-order valence-electron chi connectivity index (χ3n) is 2.93. The molecule has 0 aliphatic heterocycles. The molecule has 0 aliphatic carbocycles. The molecule has 0 unspecified atom stereocenters. The van der Waals surface area contributed by atoms with E-state index in [2.05, 4.69) is 38.9 Å². The molecule has 0 spiro atoms. The number of nitrogens with zero attached hydrogens (tertiary/aromatic N) is 2. The Balaban J connectivity index is 0.00000147. The van der Waals surface area contributed by atoms with Crippen LogP contribution in [0.15, 0.2) is 47.1 Å². The fourth-order valence-corrected chi connectivity index (χ4v) is 2.32. The van der Waals surface area contributed by atoms with Crippen LogP contribution in [0.25, 0.3) is 22.3 Å². The molecule has 2 aromatic carbocycles. The fourth-order valence-electron chi connectivity index (χ4n) is 1.94. The average molecular weight is 400 g/mol. The van der Waals surface area contributed by atoms with E-state index in [0.717, 1.165) is 32.3 Å². The molecule has 0 bridgehead atoms. The maximum absolute atomic E-state index is 4.60. The van der Waals surface area contributed by atoms with E-state index in [1.807, 2.05) is 42.6 Å². The van der Waals surface area contributed by atoms with E-state index in [4.69, 9.17) is 0 Å². The van der Waals surface area contributed by atoms with Crippen LogP contribution in [-0.4, -0.2) is 9.97 Å². The molecular weight excluding hydrogens is 389 g/mol. The summed E-state index contributed by atoms with van der Waals surface area (Å²) in [5, 5.41) is 1.03. The summed E-state index contributed by atoms with van der Waals surface area (Å²) in [7, 11) is 0. The third kappa shape index (κ3) is 3.33. The van der Waals surface area contributed by atoms with E-state index in [1.54, 1.807) is 0 Å². The number of aromatic nitrogens is 2. The SMILES string of the molecule is [CH2-]Cc1[c-]ccc(-c2ncc3cc(Br)ccc3n2)c1.[Y]. The molecule has 3 aromatic rings. The van der Waals surface area contributed by atoms with Gasteiger partial charge in [-0.3, -0.25) is 0 Å². The molecule has 0 atom stereocenters. The van der Waals surface area contributed by atoms with Crippen LogP contribution in [0, 0.1) is 13.0 Å². The minimum Gasteiger partial charge on any atom is -0.341 e. The molecule has 0 fully saturated rings. The first-order valence-corrected chi connectivity index (χ1v) is 6.78. The van der Waals surface area contributed by atoms with Gasteiger partial charge in [-0.05, 0) is 18.2 Å². The van der Waals surface area contributed by atoms with Crippen molar-refractivity contribution < 1.29 is 32.7 Å². The van der Waals surface area contributed by atoms with Crippen LogP contribution in [-0.2, 0) is 39.1 Å². The summed E-state index contributed by atoms with van der Waals surface area (Å²) in [5.41, 5.74) is 3.01. The van der Waals surface area contributed by atoms with Crippen molar-refractivity contribution in [2.75, 3.05) is 0 Å². The molecule has 1 aromatic heterocycles. The van der Waals surface area contributed by atoms with Crippen molar-refractivity contribution in [2.45, 2.75) is 6.42 Å². The largest absolute Gasteiger partial charge is 0.341 e. The molecule has 0 N–H and O–H groups in total. The molecule has 4 heteroatoms. The Bertz CT molecular complexity index is 743. The van der Waals surface area contributed by atoms with E-state index < -0.39 is 0 Å². The predicted molar refractivity (Wildman–Crippen MR) is 80.6 cm³/mol. The van der Waals surface area contributed by atoms with Gasteiger partial charge in [0, 0.05) is 48.8 Å². The Morgan fingerprint density at radius 3 is 2.85 bits per heavy atom. The van der Waals surface area contributed by atoms with Gasteiger partial charge in [0.2, 0.25) is 0 Å². The second-order valence-electron chi connectivity index (χ2n) is 4.25. The van der Waals surface area contributed by atoms with Crippen LogP contribution in [0.5, 0.6) is 0 Å². The molecular formula is C16H11BrN2Y-2. The maximum atomic E-state index is 4.60. The third-order valence-corrected chi connectivity index (χ3v) is 3.42. The summed E-state index contributed by atoms with van der Waals surface area (Å²) < 4.78 is 1.03. The summed E-state index contributed by atoms with van der Waals surface area (Å²) in [6.45, 7) is 3.87. The summed E-state index contributed by atoms with van der Waals surface area (Å²) in [5.74, 6) is 0.735. The summed E-state index contributed by atoms with van der Waals surface area (Å²) in [6, 6.07) is 15.0.